The van der Waals surface area contributed by atoms with Crippen LogP contribution in [-0.2, 0) is 6.54 Å². The predicted octanol–water partition coefficient (Wildman–Crippen LogP) is 3.02. The summed E-state index contributed by atoms with van der Waals surface area (Å²) in [5.74, 6) is 1.44. The van der Waals surface area contributed by atoms with Gasteiger partial charge in [-0.2, -0.15) is 0 Å². The maximum absolute atomic E-state index is 12.3. The molecule has 1 aromatic carbocycles. The first-order valence-corrected chi connectivity index (χ1v) is 8.78. The first-order valence-electron chi connectivity index (χ1n) is 8.78. The van der Waals surface area contributed by atoms with Gasteiger partial charge < -0.3 is 19.0 Å². The van der Waals surface area contributed by atoms with Gasteiger partial charge in [0.15, 0.2) is 0 Å². The minimum Gasteiger partial charge on any atom is -0.486 e. The Balaban J connectivity index is 1.43. The van der Waals surface area contributed by atoms with Gasteiger partial charge in [0.2, 0.25) is 11.2 Å². The van der Waals surface area contributed by atoms with Gasteiger partial charge in [0.05, 0.1) is 13.2 Å². The summed E-state index contributed by atoms with van der Waals surface area (Å²) in [6, 6.07) is 9.70. The lowest BCUT2D eigenvalue weighted by atomic mass is 9.99. The Hall–Kier alpha value is -2.53. The largest absolute Gasteiger partial charge is 0.486 e. The number of ether oxygens (including phenoxy) is 1. The number of nitrogens with zero attached hydrogens (tertiary/aromatic N) is 1. The molecule has 0 radical (unpaired) electrons. The molecule has 4 rings (SSSR count). The standard InChI is InChI=1S/C20H22N2O3/c23-19-9-18(12-22-10-16-3-1-2-4-17(16)11-22)24-14-20(19)25-13-15-5-7-21-8-6-15/h1-4,9-11,14-15,21H,5-8,12-13H2. The van der Waals surface area contributed by atoms with Gasteiger partial charge in [-0.1, -0.05) is 24.3 Å². The number of fused-ring (bicyclic) bond motifs is 1. The second-order valence-electron chi connectivity index (χ2n) is 6.64. The van der Waals surface area contributed by atoms with Gasteiger partial charge in [-0.25, -0.2) is 0 Å². The van der Waals surface area contributed by atoms with Crippen LogP contribution in [0.2, 0.25) is 0 Å². The van der Waals surface area contributed by atoms with Crippen molar-refractivity contribution in [3.63, 3.8) is 0 Å². The molecule has 0 spiro atoms. The van der Waals surface area contributed by atoms with Crippen molar-refractivity contribution in [1.29, 1.82) is 0 Å². The fourth-order valence-corrected chi connectivity index (χ4v) is 3.29. The molecule has 1 N–H and O–H groups in total. The van der Waals surface area contributed by atoms with Gasteiger partial charge >= 0.3 is 0 Å². The molecular formula is C20H22N2O3. The molecular weight excluding hydrogens is 316 g/mol. The molecule has 0 bridgehead atoms. The molecule has 0 saturated carbocycles. The zero-order valence-corrected chi connectivity index (χ0v) is 14.1. The molecule has 1 aliphatic rings. The SMILES string of the molecule is O=c1cc(Cn2cc3ccccc3c2)occ1OCC1CCNCC1. The van der Waals surface area contributed by atoms with Crippen LogP contribution in [0.1, 0.15) is 18.6 Å². The Morgan fingerprint density at radius 1 is 1.16 bits per heavy atom. The number of benzene rings is 1. The molecule has 130 valence electrons. The van der Waals surface area contributed by atoms with Crippen LogP contribution >= 0.6 is 0 Å². The number of nitrogens with one attached hydrogen (secondary N) is 1. The van der Waals surface area contributed by atoms with Crippen LogP contribution in [-0.4, -0.2) is 24.3 Å². The molecule has 0 atom stereocenters. The average Bonchev–Trinajstić information content (AvgIpc) is 3.04. The number of rotatable bonds is 5. The molecule has 1 fully saturated rings. The molecule has 0 aliphatic carbocycles. The second kappa shape index (κ2) is 7.15. The molecule has 3 aromatic rings. The van der Waals surface area contributed by atoms with Crippen LogP contribution in [0.3, 0.4) is 0 Å². The lowest BCUT2D eigenvalue weighted by molar-refractivity contribution is 0.208. The van der Waals surface area contributed by atoms with E-state index in [2.05, 4.69) is 29.8 Å². The molecule has 5 heteroatoms. The molecule has 2 aromatic heterocycles. The third kappa shape index (κ3) is 3.77. The first kappa shape index (κ1) is 16.0. The highest BCUT2D eigenvalue weighted by Gasteiger charge is 2.15. The van der Waals surface area contributed by atoms with E-state index in [1.54, 1.807) is 0 Å². The predicted molar refractivity (Wildman–Crippen MR) is 97.1 cm³/mol. The van der Waals surface area contributed by atoms with E-state index >= 15 is 0 Å². The van der Waals surface area contributed by atoms with E-state index in [1.165, 1.54) is 23.1 Å². The molecule has 25 heavy (non-hydrogen) atoms. The van der Waals surface area contributed by atoms with Crippen molar-refractivity contribution >= 4 is 10.8 Å². The molecule has 0 unspecified atom stereocenters. The molecule has 3 heterocycles. The monoisotopic (exact) mass is 338 g/mol. The summed E-state index contributed by atoms with van der Waals surface area (Å²) in [6.45, 7) is 3.15. The quantitative estimate of drug-likeness (QED) is 0.777. The Morgan fingerprint density at radius 3 is 2.56 bits per heavy atom. The molecule has 0 amide bonds. The smallest absolute Gasteiger partial charge is 0.227 e. The Morgan fingerprint density at radius 2 is 1.88 bits per heavy atom. The topological polar surface area (TPSA) is 56.4 Å². The summed E-state index contributed by atoms with van der Waals surface area (Å²) >= 11 is 0. The second-order valence-corrected chi connectivity index (χ2v) is 6.64. The number of hydrogen-bond acceptors (Lipinski definition) is 4. The van der Waals surface area contributed by atoms with E-state index in [9.17, 15) is 4.79 Å². The van der Waals surface area contributed by atoms with Gasteiger partial charge in [-0.15, -0.1) is 0 Å². The Bertz CT molecular complexity index is 873. The van der Waals surface area contributed by atoms with Crippen molar-refractivity contribution in [3.8, 4) is 5.75 Å². The summed E-state index contributed by atoms with van der Waals surface area (Å²) in [5.41, 5.74) is -0.119. The zero-order chi connectivity index (χ0) is 17.1. The van der Waals surface area contributed by atoms with Crippen LogP contribution in [0.5, 0.6) is 5.75 Å². The van der Waals surface area contributed by atoms with E-state index in [0.717, 1.165) is 25.9 Å². The van der Waals surface area contributed by atoms with Gasteiger partial charge in [-0.05, 0) is 42.6 Å². The third-order valence-electron chi connectivity index (χ3n) is 4.73. The van der Waals surface area contributed by atoms with E-state index in [4.69, 9.17) is 9.15 Å². The Labute approximate surface area is 146 Å². The minimum atomic E-state index is -0.119. The lowest BCUT2D eigenvalue weighted by Gasteiger charge is -2.22. The average molecular weight is 338 g/mol. The highest BCUT2D eigenvalue weighted by molar-refractivity contribution is 5.82. The normalized spacial score (nSPS) is 15.5. The summed E-state index contributed by atoms with van der Waals surface area (Å²) in [7, 11) is 0. The van der Waals surface area contributed by atoms with Crippen molar-refractivity contribution < 1.29 is 9.15 Å². The molecule has 1 aliphatic heterocycles. The summed E-state index contributed by atoms with van der Waals surface area (Å²) in [5, 5.41) is 5.67. The van der Waals surface area contributed by atoms with Crippen molar-refractivity contribution in [2.75, 3.05) is 19.7 Å². The lowest BCUT2D eigenvalue weighted by Crippen LogP contribution is -2.31. The fourth-order valence-electron chi connectivity index (χ4n) is 3.29. The van der Waals surface area contributed by atoms with Gasteiger partial charge in [0.25, 0.3) is 0 Å². The fraction of sp³-hybridized carbons (Fsp3) is 0.350. The van der Waals surface area contributed by atoms with Crippen molar-refractivity contribution in [1.82, 2.24) is 9.88 Å². The van der Waals surface area contributed by atoms with Crippen molar-refractivity contribution in [3.05, 3.63) is 65.0 Å². The summed E-state index contributed by atoms with van der Waals surface area (Å²) < 4.78 is 13.3. The maximum Gasteiger partial charge on any atom is 0.227 e. The van der Waals surface area contributed by atoms with Crippen LogP contribution in [0.25, 0.3) is 10.8 Å². The van der Waals surface area contributed by atoms with E-state index in [1.807, 2.05) is 16.7 Å². The third-order valence-corrected chi connectivity index (χ3v) is 4.73. The van der Waals surface area contributed by atoms with E-state index < -0.39 is 0 Å². The highest BCUT2D eigenvalue weighted by atomic mass is 16.5. The van der Waals surface area contributed by atoms with Gasteiger partial charge in [-0.3, -0.25) is 4.79 Å². The number of piperidine rings is 1. The zero-order valence-electron chi connectivity index (χ0n) is 14.1. The van der Waals surface area contributed by atoms with Gasteiger partial charge in [0, 0.05) is 18.5 Å². The maximum atomic E-state index is 12.3. The van der Waals surface area contributed by atoms with Gasteiger partial charge in [0.1, 0.15) is 12.0 Å². The van der Waals surface area contributed by atoms with Crippen LogP contribution in [0.4, 0.5) is 0 Å². The highest BCUT2D eigenvalue weighted by Crippen LogP contribution is 2.17. The van der Waals surface area contributed by atoms with Crippen molar-refractivity contribution in [2.24, 2.45) is 5.92 Å². The van der Waals surface area contributed by atoms with E-state index in [0.29, 0.717) is 30.6 Å². The molecule has 1 saturated heterocycles. The number of hydrogen-bond donors (Lipinski definition) is 1. The summed E-state index contributed by atoms with van der Waals surface area (Å²) in [6.07, 6.45) is 7.73. The minimum absolute atomic E-state index is 0.119. The van der Waals surface area contributed by atoms with Crippen molar-refractivity contribution in [2.45, 2.75) is 19.4 Å². The van der Waals surface area contributed by atoms with Crippen LogP contribution in [0.15, 0.2) is 58.2 Å². The molecule has 5 nitrogen and oxygen atoms in total. The van der Waals surface area contributed by atoms with Crippen LogP contribution in [0, 0.1) is 5.92 Å². The summed E-state index contributed by atoms with van der Waals surface area (Å²) in [4.78, 5) is 12.3. The van der Waals surface area contributed by atoms with Crippen LogP contribution < -0.4 is 15.5 Å². The first-order chi connectivity index (χ1) is 12.3. The van der Waals surface area contributed by atoms with E-state index in [-0.39, 0.29) is 5.43 Å². The Kier molecular flexibility index (Phi) is 4.57. The number of aromatic nitrogens is 1.